The number of hydrogen-bond donors (Lipinski definition) is 2. The summed E-state index contributed by atoms with van der Waals surface area (Å²) in [4.78, 5) is 25.1. The first-order valence-corrected chi connectivity index (χ1v) is 7.52. The predicted molar refractivity (Wildman–Crippen MR) is 85.6 cm³/mol. The Balaban J connectivity index is 1.77. The third-order valence-electron chi connectivity index (χ3n) is 4.12. The number of benzene rings is 1. The van der Waals surface area contributed by atoms with Gasteiger partial charge >= 0.3 is 5.97 Å². The van der Waals surface area contributed by atoms with E-state index < -0.39 is 5.97 Å². The van der Waals surface area contributed by atoms with Crippen LogP contribution in [0.2, 0.25) is 0 Å². The van der Waals surface area contributed by atoms with Gasteiger partial charge in [-0.15, -0.1) is 0 Å². The van der Waals surface area contributed by atoms with Crippen molar-refractivity contribution in [2.75, 3.05) is 24.6 Å². The summed E-state index contributed by atoms with van der Waals surface area (Å²) in [5.74, 6) is -0.0251. The molecule has 118 valence electrons. The second-order valence-electron chi connectivity index (χ2n) is 5.63. The minimum Gasteiger partial charge on any atom is -0.481 e. The van der Waals surface area contributed by atoms with Crippen LogP contribution in [0.5, 0.6) is 0 Å². The van der Waals surface area contributed by atoms with Crippen molar-refractivity contribution >= 4 is 33.7 Å². The number of H-pyrrole nitrogens is 1. The third-order valence-corrected chi connectivity index (χ3v) is 4.12. The van der Waals surface area contributed by atoms with Crippen molar-refractivity contribution in [3.63, 3.8) is 0 Å². The molecule has 23 heavy (non-hydrogen) atoms. The van der Waals surface area contributed by atoms with E-state index in [9.17, 15) is 4.79 Å². The number of para-hydroxylation sites is 1. The molecule has 7 nitrogen and oxygen atoms in total. The molecule has 7 heteroatoms. The van der Waals surface area contributed by atoms with Crippen LogP contribution in [0, 0.1) is 0 Å². The van der Waals surface area contributed by atoms with E-state index in [4.69, 9.17) is 9.84 Å². The Morgan fingerprint density at radius 1 is 1.39 bits per heavy atom. The highest BCUT2D eigenvalue weighted by molar-refractivity contribution is 6.11. The van der Waals surface area contributed by atoms with E-state index in [0.29, 0.717) is 19.7 Å². The lowest BCUT2D eigenvalue weighted by Gasteiger charge is -2.33. The zero-order valence-corrected chi connectivity index (χ0v) is 12.4. The van der Waals surface area contributed by atoms with Crippen LogP contribution in [0.4, 0.5) is 5.82 Å². The monoisotopic (exact) mass is 312 g/mol. The maximum Gasteiger partial charge on any atom is 0.306 e. The highest BCUT2D eigenvalue weighted by Gasteiger charge is 2.25. The molecule has 2 N–H and O–H groups in total. The van der Waals surface area contributed by atoms with Gasteiger partial charge in [0, 0.05) is 24.0 Å². The summed E-state index contributed by atoms with van der Waals surface area (Å²) in [5.41, 5.74) is 1.80. The molecule has 3 heterocycles. The van der Waals surface area contributed by atoms with Crippen molar-refractivity contribution in [1.82, 2.24) is 15.0 Å². The molecule has 1 saturated heterocycles. The standard InChI is InChI=1S/C16H16N4O3/c21-13(22)7-10-8-20(5-6-23-10)16-14-11-3-1-2-4-12(11)19-15(14)17-9-18-16/h1-4,9-10H,5-8H2,(H,21,22)(H,17,18,19)/t10-/m0/s1. The molecule has 1 atom stereocenters. The third kappa shape index (κ3) is 2.49. The van der Waals surface area contributed by atoms with Gasteiger partial charge in [0.1, 0.15) is 17.8 Å². The molecule has 0 radical (unpaired) electrons. The van der Waals surface area contributed by atoms with Gasteiger partial charge in [0.25, 0.3) is 0 Å². The Morgan fingerprint density at radius 3 is 3.13 bits per heavy atom. The van der Waals surface area contributed by atoms with Crippen LogP contribution < -0.4 is 4.90 Å². The number of carboxylic acid groups (broad SMARTS) is 1. The van der Waals surface area contributed by atoms with Gasteiger partial charge in [0.15, 0.2) is 0 Å². The zero-order valence-electron chi connectivity index (χ0n) is 12.4. The van der Waals surface area contributed by atoms with Gasteiger partial charge in [-0.25, -0.2) is 9.97 Å². The summed E-state index contributed by atoms with van der Waals surface area (Å²) >= 11 is 0. The SMILES string of the molecule is O=C(O)C[C@H]1CN(c2ncnc3[nH]c4ccccc4c23)CCO1. The Morgan fingerprint density at radius 2 is 2.26 bits per heavy atom. The number of anilines is 1. The molecule has 4 rings (SSSR count). The van der Waals surface area contributed by atoms with Crippen LogP contribution in [0.25, 0.3) is 21.9 Å². The first kappa shape index (κ1) is 14.0. The minimum atomic E-state index is -0.850. The van der Waals surface area contributed by atoms with Crippen molar-refractivity contribution in [3.05, 3.63) is 30.6 Å². The molecule has 0 bridgehead atoms. The number of morpholine rings is 1. The first-order valence-electron chi connectivity index (χ1n) is 7.52. The molecule has 1 fully saturated rings. The van der Waals surface area contributed by atoms with Crippen LogP contribution in [0.1, 0.15) is 6.42 Å². The summed E-state index contributed by atoms with van der Waals surface area (Å²) in [6.45, 7) is 1.69. The number of rotatable bonds is 3. The molecule has 0 spiro atoms. The van der Waals surface area contributed by atoms with Crippen molar-refractivity contribution in [2.45, 2.75) is 12.5 Å². The van der Waals surface area contributed by atoms with Gasteiger partial charge in [-0.1, -0.05) is 18.2 Å². The van der Waals surface area contributed by atoms with E-state index in [1.807, 2.05) is 24.3 Å². The number of hydrogen-bond acceptors (Lipinski definition) is 5. The van der Waals surface area contributed by atoms with E-state index in [1.165, 1.54) is 6.33 Å². The summed E-state index contributed by atoms with van der Waals surface area (Å²) in [7, 11) is 0. The van der Waals surface area contributed by atoms with E-state index in [-0.39, 0.29) is 12.5 Å². The lowest BCUT2D eigenvalue weighted by Crippen LogP contribution is -2.43. The molecule has 1 aliphatic heterocycles. The molecule has 0 aliphatic carbocycles. The molecule has 0 unspecified atom stereocenters. The average Bonchev–Trinajstić information content (AvgIpc) is 2.93. The fraction of sp³-hybridized carbons (Fsp3) is 0.312. The lowest BCUT2D eigenvalue weighted by atomic mass is 10.1. The highest BCUT2D eigenvalue weighted by Crippen LogP contribution is 2.31. The number of aliphatic carboxylic acids is 1. The van der Waals surface area contributed by atoms with E-state index in [0.717, 1.165) is 27.8 Å². The smallest absolute Gasteiger partial charge is 0.306 e. The maximum absolute atomic E-state index is 10.9. The largest absolute Gasteiger partial charge is 0.481 e. The summed E-state index contributed by atoms with van der Waals surface area (Å²) in [6, 6.07) is 8.00. The van der Waals surface area contributed by atoms with Crippen LogP contribution in [0.3, 0.4) is 0 Å². The summed E-state index contributed by atoms with van der Waals surface area (Å²) < 4.78 is 5.55. The molecular formula is C16H16N4O3. The summed E-state index contributed by atoms with van der Waals surface area (Å²) in [5, 5.41) is 11.0. The quantitative estimate of drug-likeness (QED) is 0.766. The van der Waals surface area contributed by atoms with Crippen molar-refractivity contribution in [1.29, 1.82) is 0 Å². The topological polar surface area (TPSA) is 91.3 Å². The first-order chi connectivity index (χ1) is 11.2. The second kappa shape index (κ2) is 5.51. The fourth-order valence-electron chi connectivity index (χ4n) is 3.13. The molecule has 0 amide bonds. The van der Waals surface area contributed by atoms with Crippen molar-refractivity contribution < 1.29 is 14.6 Å². The number of aromatic amines is 1. The molecule has 3 aromatic rings. The minimum absolute atomic E-state index is 0.00138. The molecular weight excluding hydrogens is 296 g/mol. The van der Waals surface area contributed by atoms with E-state index >= 15 is 0 Å². The van der Waals surface area contributed by atoms with Crippen LogP contribution in [0.15, 0.2) is 30.6 Å². The molecule has 1 aliphatic rings. The number of carboxylic acids is 1. The number of carbonyl (C=O) groups is 1. The average molecular weight is 312 g/mol. The zero-order chi connectivity index (χ0) is 15.8. The number of nitrogens with zero attached hydrogens (tertiary/aromatic N) is 3. The second-order valence-corrected chi connectivity index (χ2v) is 5.63. The fourth-order valence-corrected chi connectivity index (χ4v) is 3.13. The van der Waals surface area contributed by atoms with Crippen molar-refractivity contribution in [3.8, 4) is 0 Å². The predicted octanol–water partition coefficient (Wildman–Crippen LogP) is 1.79. The van der Waals surface area contributed by atoms with Crippen molar-refractivity contribution in [2.24, 2.45) is 0 Å². The van der Waals surface area contributed by atoms with Crippen LogP contribution in [-0.4, -0.2) is 51.8 Å². The Labute approximate surface area is 131 Å². The normalized spacial score (nSPS) is 18.6. The summed E-state index contributed by atoms with van der Waals surface area (Å²) in [6.07, 6.45) is 1.21. The van der Waals surface area contributed by atoms with Gasteiger partial charge in [0.05, 0.1) is 24.5 Å². The maximum atomic E-state index is 10.9. The van der Waals surface area contributed by atoms with Gasteiger partial charge < -0.3 is 19.7 Å². The number of ether oxygens (including phenoxy) is 1. The van der Waals surface area contributed by atoms with Gasteiger partial charge in [-0.3, -0.25) is 4.79 Å². The highest BCUT2D eigenvalue weighted by atomic mass is 16.5. The van der Waals surface area contributed by atoms with Gasteiger partial charge in [-0.05, 0) is 6.07 Å². The Hall–Kier alpha value is -2.67. The number of fused-ring (bicyclic) bond motifs is 3. The number of nitrogens with one attached hydrogen (secondary N) is 1. The Kier molecular flexibility index (Phi) is 3.34. The van der Waals surface area contributed by atoms with Crippen LogP contribution in [-0.2, 0) is 9.53 Å². The van der Waals surface area contributed by atoms with E-state index in [1.54, 1.807) is 0 Å². The van der Waals surface area contributed by atoms with Gasteiger partial charge in [0.2, 0.25) is 0 Å². The van der Waals surface area contributed by atoms with E-state index in [2.05, 4.69) is 19.9 Å². The molecule has 0 saturated carbocycles. The Bertz CT molecular complexity index is 876. The van der Waals surface area contributed by atoms with Crippen LogP contribution >= 0.6 is 0 Å². The lowest BCUT2D eigenvalue weighted by molar-refractivity contribution is -0.140. The molecule has 2 aromatic heterocycles. The number of aromatic nitrogens is 3. The molecule has 1 aromatic carbocycles. The van der Waals surface area contributed by atoms with Gasteiger partial charge in [-0.2, -0.15) is 0 Å².